The summed E-state index contributed by atoms with van der Waals surface area (Å²) >= 11 is 2.84. The first-order valence-electron chi connectivity index (χ1n) is 12.0. The number of carbonyl (C=O) groups excluding carboxylic acids is 1. The summed E-state index contributed by atoms with van der Waals surface area (Å²) in [6, 6.07) is 15.3. The topological polar surface area (TPSA) is 96.6 Å². The lowest BCUT2D eigenvalue weighted by molar-refractivity contribution is -0.114. The van der Waals surface area contributed by atoms with Gasteiger partial charge < -0.3 is 14.2 Å². The number of aryl methyl sites for hydroxylation is 2. The van der Waals surface area contributed by atoms with E-state index in [0.29, 0.717) is 41.9 Å². The summed E-state index contributed by atoms with van der Waals surface area (Å²) in [6.45, 7) is 5.13. The van der Waals surface area contributed by atoms with Gasteiger partial charge in [-0.15, -0.1) is 11.3 Å². The van der Waals surface area contributed by atoms with Crippen molar-refractivity contribution in [1.29, 1.82) is 5.41 Å². The number of hydrogen-bond donors (Lipinski definition) is 1. The Balaban J connectivity index is 1.22. The van der Waals surface area contributed by atoms with Crippen LogP contribution < -0.4 is 14.2 Å². The smallest absolute Gasteiger partial charge is 0.283 e. The molecule has 0 spiro atoms. The van der Waals surface area contributed by atoms with Crippen molar-refractivity contribution in [3.05, 3.63) is 81.1 Å². The Labute approximate surface area is 229 Å². The standard InChI is InChI=1S/C28H26N4O4S2/c1-17-7-9-20(14-18(17)2)35-11-5-12-36-22-10-8-19(16-23(22)34-3)15-21-25(29)32-28(30-26(21)33)38-27(31-32)24-6-4-13-37-24/h4,6-10,13-16,29H,5,11-12H2,1-3H3/b21-15-,29-25?. The van der Waals surface area contributed by atoms with Gasteiger partial charge in [0.25, 0.3) is 5.91 Å². The maximum atomic E-state index is 12.8. The molecule has 3 heterocycles. The second kappa shape index (κ2) is 11.2. The van der Waals surface area contributed by atoms with Gasteiger partial charge in [0.2, 0.25) is 5.17 Å². The Bertz CT molecular complexity index is 1480. The third-order valence-corrected chi connectivity index (χ3v) is 7.93. The first kappa shape index (κ1) is 25.7. The number of carbonyl (C=O) groups is 1. The van der Waals surface area contributed by atoms with Crippen molar-refractivity contribution < 1.29 is 19.0 Å². The van der Waals surface area contributed by atoms with Crippen LogP contribution in [0.1, 0.15) is 28.0 Å². The minimum Gasteiger partial charge on any atom is -0.493 e. The lowest BCUT2D eigenvalue weighted by Gasteiger charge is -2.20. The molecule has 1 N–H and O–H groups in total. The maximum Gasteiger partial charge on any atom is 0.283 e. The molecular weight excluding hydrogens is 520 g/mol. The van der Waals surface area contributed by atoms with Crippen LogP contribution in [-0.4, -0.2) is 47.3 Å². The predicted octanol–water partition coefficient (Wildman–Crippen LogP) is 5.89. The van der Waals surface area contributed by atoms with Gasteiger partial charge >= 0.3 is 0 Å². The van der Waals surface area contributed by atoms with E-state index in [4.69, 9.17) is 19.6 Å². The number of aliphatic imine (C=N–C) groups is 1. The van der Waals surface area contributed by atoms with E-state index in [2.05, 4.69) is 30.0 Å². The van der Waals surface area contributed by atoms with Gasteiger partial charge in [-0.3, -0.25) is 10.2 Å². The zero-order chi connectivity index (χ0) is 26.6. The first-order chi connectivity index (χ1) is 18.4. The van der Waals surface area contributed by atoms with Crippen molar-refractivity contribution in [1.82, 2.24) is 5.01 Å². The van der Waals surface area contributed by atoms with Crippen LogP contribution in [0, 0.1) is 19.3 Å². The number of nitrogens with zero attached hydrogens (tertiary/aromatic N) is 3. The van der Waals surface area contributed by atoms with E-state index in [1.807, 2.05) is 35.7 Å². The van der Waals surface area contributed by atoms with Gasteiger partial charge in [0.15, 0.2) is 17.3 Å². The summed E-state index contributed by atoms with van der Waals surface area (Å²) in [5.74, 6) is 1.49. The summed E-state index contributed by atoms with van der Waals surface area (Å²) in [7, 11) is 1.56. The van der Waals surface area contributed by atoms with Crippen molar-refractivity contribution in [3.8, 4) is 17.2 Å². The minimum atomic E-state index is -0.473. The molecule has 38 heavy (non-hydrogen) atoms. The van der Waals surface area contributed by atoms with Crippen molar-refractivity contribution in [3.63, 3.8) is 0 Å². The fourth-order valence-electron chi connectivity index (χ4n) is 3.79. The molecule has 0 bridgehead atoms. The highest BCUT2D eigenvalue weighted by Crippen LogP contribution is 2.33. The number of rotatable bonds is 9. The molecule has 0 saturated heterocycles. The molecule has 2 aliphatic heterocycles. The second-order valence-corrected chi connectivity index (χ2v) is 10.5. The fraction of sp³-hybridized carbons (Fsp3) is 0.214. The quantitative estimate of drug-likeness (QED) is 0.266. The van der Waals surface area contributed by atoms with Crippen LogP contribution in [0.3, 0.4) is 0 Å². The molecule has 194 valence electrons. The monoisotopic (exact) mass is 546 g/mol. The van der Waals surface area contributed by atoms with Gasteiger partial charge in [0, 0.05) is 6.42 Å². The third-order valence-electron chi connectivity index (χ3n) is 5.98. The fourth-order valence-corrected chi connectivity index (χ4v) is 5.47. The van der Waals surface area contributed by atoms with Gasteiger partial charge in [-0.2, -0.15) is 15.1 Å². The molecule has 2 aromatic carbocycles. The van der Waals surface area contributed by atoms with Gasteiger partial charge in [0.05, 0.1) is 30.8 Å². The van der Waals surface area contributed by atoms with Gasteiger partial charge in [-0.25, -0.2) is 0 Å². The zero-order valence-corrected chi connectivity index (χ0v) is 22.8. The Kier molecular flexibility index (Phi) is 7.62. The number of ether oxygens (including phenoxy) is 3. The van der Waals surface area contributed by atoms with Crippen molar-refractivity contribution in [2.45, 2.75) is 20.3 Å². The van der Waals surface area contributed by atoms with Crippen LogP contribution in [-0.2, 0) is 4.79 Å². The molecule has 0 fully saturated rings. The minimum absolute atomic E-state index is 0.0119. The van der Waals surface area contributed by atoms with E-state index in [0.717, 1.165) is 15.7 Å². The summed E-state index contributed by atoms with van der Waals surface area (Å²) in [5.41, 5.74) is 3.28. The molecule has 1 amide bonds. The number of hydrogen-bond acceptors (Lipinski definition) is 8. The van der Waals surface area contributed by atoms with Crippen LogP contribution in [0.15, 0.2) is 69.6 Å². The van der Waals surface area contributed by atoms with Crippen LogP contribution in [0.5, 0.6) is 17.2 Å². The predicted molar refractivity (Wildman–Crippen MR) is 153 cm³/mol. The summed E-state index contributed by atoms with van der Waals surface area (Å²) in [5, 5.41) is 17.6. The highest BCUT2D eigenvalue weighted by Gasteiger charge is 2.36. The normalized spacial score (nSPS) is 15.9. The van der Waals surface area contributed by atoms with E-state index in [9.17, 15) is 4.79 Å². The van der Waals surface area contributed by atoms with E-state index < -0.39 is 5.91 Å². The highest BCUT2D eigenvalue weighted by atomic mass is 32.2. The SMILES string of the molecule is COc1cc(/C=C2/C(=N)N3N=C(c4cccs4)SC3=NC2=O)ccc1OCCCOc1ccc(C)c(C)c1. The maximum absolute atomic E-state index is 12.8. The molecule has 0 radical (unpaired) electrons. The molecule has 3 aromatic rings. The average Bonchev–Trinajstić information content (AvgIpc) is 3.59. The van der Waals surface area contributed by atoms with Gasteiger partial charge in [-0.1, -0.05) is 18.2 Å². The van der Waals surface area contributed by atoms with Crippen LogP contribution >= 0.6 is 23.1 Å². The number of amides is 1. The Morgan fingerprint density at radius 1 is 1.03 bits per heavy atom. The summed E-state index contributed by atoms with van der Waals surface area (Å²) < 4.78 is 17.3. The lowest BCUT2D eigenvalue weighted by atomic mass is 10.1. The van der Waals surface area contributed by atoms with E-state index in [-0.39, 0.29) is 11.4 Å². The van der Waals surface area contributed by atoms with E-state index in [1.165, 1.54) is 27.9 Å². The first-order valence-corrected chi connectivity index (χ1v) is 13.7. The molecule has 0 aliphatic carbocycles. The molecule has 0 saturated carbocycles. The molecule has 8 nitrogen and oxygen atoms in total. The van der Waals surface area contributed by atoms with Gasteiger partial charge in [0.1, 0.15) is 10.8 Å². The lowest BCUT2D eigenvalue weighted by Crippen LogP contribution is -2.35. The largest absolute Gasteiger partial charge is 0.493 e. The number of nitrogens with one attached hydrogen (secondary N) is 1. The van der Waals surface area contributed by atoms with E-state index >= 15 is 0 Å². The number of fused-ring (bicyclic) bond motifs is 1. The molecule has 0 unspecified atom stereocenters. The van der Waals surface area contributed by atoms with E-state index in [1.54, 1.807) is 36.7 Å². The molecule has 0 atom stereocenters. The summed E-state index contributed by atoms with van der Waals surface area (Å²) in [6.07, 6.45) is 2.33. The molecule has 10 heteroatoms. The number of thiophene rings is 1. The zero-order valence-electron chi connectivity index (χ0n) is 21.2. The van der Waals surface area contributed by atoms with Crippen molar-refractivity contribution in [2.24, 2.45) is 10.1 Å². The van der Waals surface area contributed by atoms with Gasteiger partial charge in [-0.05, 0) is 84.1 Å². The average molecular weight is 547 g/mol. The number of methoxy groups -OCH3 is 1. The number of thioether (sulfide) groups is 1. The molecule has 1 aromatic heterocycles. The van der Waals surface area contributed by atoms with Crippen molar-refractivity contribution >= 4 is 51.1 Å². The Morgan fingerprint density at radius 2 is 1.87 bits per heavy atom. The molecule has 5 rings (SSSR count). The second-order valence-electron chi connectivity index (χ2n) is 8.61. The summed E-state index contributed by atoms with van der Waals surface area (Å²) in [4.78, 5) is 17.9. The third kappa shape index (κ3) is 5.51. The van der Waals surface area contributed by atoms with Crippen LogP contribution in [0.4, 0.5) is 0 Å². The number of amidine groups is 2. The van der Waals surface area contributed by atoms with Crippen LogP contribution in [0.2, 0.25) is 0 Å². The van der Waals surface area contributed by atoms with Crippen molar-refractivity contribution in [2.75, 3.05) is 20.3 Å². The Hall–Kier alpha value is -3.89. The molecule has 2 aliphatic rings. The Morgan fingerprint density at radius 3 is 2.63 bits per heavy atom. The number of benzene rings is 2. The highest BCUT2D eigenvalue weighted by molar-refractivity contribution is 8.27. The number of hydrazone groups is 1. The van der Waals surface area contributed by atoms with Crippen LogP contribution in [0.25, 0.3) is 6.08 Å². The molecular formula is C28H26N4O4S2.